The molecule has 1 aromatic rings. The Labute approximate surface area is 148 Å². The molecule has 2 rings (SSSR count). The summed E-state index contributed by atoms with van der Waals surface area (Å²) in [7, 11) is -1.53. The summed E-state index contributed by atoms with van der Waals surface area (Å²) >= 11 is 5.93. The van der Waals surface area contributed by atoms with Crippen LogP contribution in [0.4, 0.5) is 5.69 Å². The van der Waals surface area contributed by atoms with E-state index in [0.29, 0.717) is 16.3 Å². The Morgan fingerprint density at radius 1 is 1.38 bits per heavy atom. The monoisotopic (exact) mass is 373 g/mol. The quantitative estimate of drug-likeness (QED) is 0.851. The molecule has 0 unspecified atom stereocenters. The van der Waals surface area contributed by atoms with Crippen molar-refractivity contribution < 1.29 is 13.2 Å². The summed E-state index contributed by atoms with van der Waals surface area (Å²) in [5.74, 6) is -0.288. The van der Waals surface area contributed by atoms with Crippen LogP contribution in [0.5, 0.6) is 0 Å². The third-order valence-corrected chi connectivity index (χ3v) is 5.56. The van der Waals surface area contributed by atoms with E-state index in [1.54, 1.807) is 25.1 Å². The maximum atomic E-state index is 12.3. The molecule has 0 bridgehead atoms. The summed E-state index contributed by atoms with van der Waals surface area (Å²) in [6, 6.07) is 5.03. The molecule has 1 aliphatic heterocycles. The number of carbonyl (C=O) groups excluding carboxylic acids is 1. The van der Waals surface area contributed by atoms with Gasteiger partial charge in [0.05, 0.1) is 11.9 Å². The van der Waals surface area contributed by atoms with Gasteiger partial charge < -0.3 is 10.2 Å². The van der Waals surface area contributed by atoms with Crippen LogP contribution in [-0.2, 0) is 14.8 Å². The second kappa shape index (κ2) is 7.72. The van der Waals surface area contributed by atoms with Crippen molar-refractivity contribution in [3.8, 4) is 0 Å². The van der Waals surface area contributed by atoms with E-state index in [1.165, 1.54) is 0 Å². The molecular weight excluding hydrogens is 350 g/mol. The molecular formula is C16H24ClN3O3S. The maximum absolute atomic E-state index is 12.3. The van der Waals surface area contributed by atoms with E-state index >= 15 is 0 Å². The van der Waals surface area contributed by atoms with Gasteiger partial charge in [-0.3, -0.25) is 9.10 Å². The second-order valence-electron chi connectivity index (χ2n) is 6.35. The lowest BCUT2D eigenvalue weighted by molar-refractivity contribution is -0.120. The summed E-state index contributed by atoms with van der Waals surface area (Å²) in [6.45, 7) is 3.40. The van der Waals surface area contributed by atoms with Gasteiger partial charge >= 0.3 is 0 Å². The van der Waals surface area contributed by atoms with Crippen molar-refractivity contribution in [2.45, 2.75) is 25.8 Å². The van der Waals surface area contributed by atoms with Crippen LogP contribution in [0, 0.1) is 6.92 Å². The predicted molar refractivity (Wildman–Crippen MR) is 97.0 cm³/mol. The highest BCUT2D eigenvalue weighted by molar-refractivity contribution is 7.92. The van der Waals surface area contributed by atoms with Crippen LogP contribution in [0.25, 0.3) is 0 Å². The third kappa shape index (κ3) is 5.09. The lowest BCUT2D eigenvalue weighted by Gasteiger charge is -2.30. The second-order valence-corrected chi connectivity index (χ2v) is 8.69. The van der Waals surface area contributed by atoms with Crippen LogP contribution >= 0.6 is 11.6 Å². The lowest BCUT2D eigenvalue weighted by atomic mass is 10.1. The minimum atomic E-state index is -3.58. The van der Waals surface area contributed by atoms with Crippen LogP contribution in [0.2, 0.25) is 5.02 Å². The molecule has 1 aliphatic rings. The Kier molecular flexibility index (Phi) is 6.11. The van der Waals surface area contributed by atoms with E-state index in [0.717, 1.165) is 36.5 Å². The Morgan fingerprint density at radius 3 is 2.54 bits per heavy atom. The van der Waals surface area contributed by atoms with Gasteiger partial charge in [0.25, 0.3) is 0 Å². The summed E-state index contributed by atoms with van der Waals surface area (Å²) in [5.41, 5.74) is 1.18. The highest BCUT2D eigenvalue weighted by Crippen LogP contribution is 2.25. The fraction of sp³-hybridized carbons (Fsp3) is 0.562. The average molecular weight is 374 g/mol. The summed E-state index contributed by atoms with van der Waals surface area (Å²) in [6.07, 6.45) is 2.85. The molecule has 1 N–H and O–H groups in total. The van der Waals surface area contributed by atoms with Gasteiger partial charge in [0.2, 0.25) is 15.9 Å². The van der Waals surface area contributed by atoms with Gasteiger partial charge in [0.1, 0.15) is 6.54 Å². The first-order chi connectivity index (χ1) is 11.2. The molecule has 0 radical (unpaired) electrons. The number of hydrogen-bond donors (Lipinski definition) is 1. The van der Waals surface area contributed by atoms with E-state index in [4.69, 9.17) is 11.6 Å². The maximum Gasteiger partial charge on any atom is 0.240 e. The standard InChI is InChI=1S/C16H24ClN3O3S/c1-12-10-13(17)4-5-15(12)20(24(3,22)23)11-16(21)18-14-6-8-19(2)9-7-14/h4-5,10,14H,6-9,11H2,1-3H3,(H,18,21). The van der Waals surface area contributed by atoms with Crippen molar-refractivity contribution in [1.82, 2.24) is 10.2 Å². The van der Waals surface area contributed by atoms with Crippen molar-refractivity contribution >= 4 is 33.2 Å². The first-order valence-corrected chi connectivity index (χ1v) is 10.1. The first kappa shape index (κ1) is 19.0. The molecule has 6 nitrogen and oxygen atoms in total. The third-order valence-electron chi connectivity index (χ3n) is 4.20. The van der Waals surface area contributed by atoms with E-state index in [9.17, 15) is 13.2 Å². The molecule has 0 spiro atoms. The topological polar surface area (TPSA) is 69.7 Å². The lowest BCUT2D eigenvalue weighted by Crippen LogP contribution is -2.47. The number of hydrogen-bond acceptors (Lipinski definition) is 4. The molecule has 0 aliphatic carbocycles. The van der Waals surface area contributed by atoms with E-state index < -0.39 is 10.0 Å². The molecule has 1 heterocycles. The van der Waals surface area contributed by atoms with Gasteiger partial charge in [-0.15, -0.1) is 0 Å². The SMILES string of the molecule is Cc1cc(Cl)ccc1N(CC(=O)NC1CCN(C)CC1)S(C)(=O)=O. The van der Waals surface area contributed by atoms with Crippen LogP contribution in [0.1, 0.15) is 18.4 Å². The number of aryl methyl sites for hydroxylation is 1. The highest BCUT2D eigenvalue weighted by atomic mass is 35.5. The normalized spacial score (nSPS) is 16.8. The van der Waals surface area contributed by atoms with E-state index in [2.05, 4.69) is 10.2 Å². The zero-order chi connectivity index (χ0) is 17.9. The van der Waals surface area contributed by atoms with E-state index in [1.807, 2.05) is 7.05 Å². The molecule has 24 heavy (non-hydrogen) atoms. The number of halogens is 1. The number of likely N-dealkylation sites (tertiary alicyclic amines) is 1. The molecule has 1 fully saturated rings. The number of sulfonamides is 1. The molecule has 134 valence electrons. The van der Waals surface area contributed by atoms with Crippen molar-refractivity contribution in [3.63, 3.8) is 0 Å². The van der Waals surface area contributed by atoms with E-state index in [-0.39, 0.29) is 18.5 Å². The van der Waals surface area contributed by atoms with Gasteiger partial charge in [0.15, 0.2) is 0 Å². The molecule has 0 atom stereocenters. The summed E-state index contributed by atoms with van der Waals surface area (Å²) < 4.78 is 25.4. The number of nitrogens with one attached hydrogen (secondary N) is 1. The number of amides is 1. The van der Waals surface area contributed by atoms with Gasteiger partial charge in [-0.05, 0) is 63.7 Å². The number of benzene rings is 1. The van der Waals surface area contributed by atoms with Gasteiger partial charge in [-0.1, -0.05) is 11.6 Å². The highest BCUT2D eigenvalue weighted by Gasteiger charge is 2.24. The average Bonchev–Trinajstić information content (AvgIpc) is 2.47. The van der Waals surface area contributed by atoms with Crippen LogP contribution < -0.4 is 9.62 Å². The van der Waals surface area contributed by atoms with Gasteiger partial charge in [-0.2, -0.15) is 0 Å². The molecule has 1 amide bonds. The zero-order valence-electron chi connectivity index (χ0n) is 14.3. The Morgan fingerprint density at radius 2 is 2.00 bits per heavy atom. The van der Waals surface area contributed by atoms with Gasteiger partial charge in [0, 0.05) is 11.1 Å². The summed E-state index contributed by atoms with van der Waals surface area (Å²) in [5, 5.41) is 3.47. The number of piperidine rings is 1. The number of carbonyl (C=O) groups is 1. The summed E-state index contributed by atoms with van der Waals surface area (Å²) in [4.78, 5) is 14.6. The number of anilines is 1. The van der Waals surface area contributed by atoms with Crippen LogP contribution in [0.3, 0.4) is 0 Å². The minimum absolute atomic E-state index is 0.0985. The Hall–Kier alpha value is -1.31. The molecule has 1 saturated heterocycles. The van der Waals surface area contributed by atoms with Crippen molar-refractivity contribution in [2.24, 2.45) is 0 Å². The molecule has 0 aromatic heterocycles. The minimum Gasteiger partial charge on any atom is -0.352 e. The van der Waals surface area contributed by atoms with Crippen LogP contribution in [-0.4, -0.2) is 58.2 Å². The number of nitrogens with zero attached hydrogens (tertiary/aromatic N) is 2. The fourth-order valence-corrected chi connectivity index (χ4v) is 3.98. The Balaban J connectivity index is 2.10. The van der Waals surface area contributed by atoms with Crippen molar-refractivity contribution in [1.29, 1.82) is 0 Å². The van der Waals surface area contributed by atoms with Gasteiger partial charge in [-0.25, -0.2) is 8.42 Å². The zero-order valence-corrected chi connectivity index (χ0v) is 15.8. The largest absolute Gasteiger partial charge is 0.352 e. The van der Waals surface area contributed by atoms with Crippen LogP contribution in [0.15, 0.2) is 18.2 Å². The smallest absolute Gasteiger partial charge is 0.240 e. The predicted octanol–water partition coefficient (Wildman–Crippen LogP) is 1.62. The molecule has 8 heteroatoms. The Bertz CT molecular complexity index is 701. The molecule has 0 saturated carbocycles. The van der Waals surface area contributed by atoms with Crippen molar-refractivity contribution in [2.75, 3.05) is 37.2 Å². The first-order valence-electron chi connectivity index (χ1n) is 7.88. The van der Waals surface area contributed by atoms with Crippen molar-refractivity contribution in [3.05, 3.63) is 28.8 Å². The number of rotatable bonds is 5. The molecule has 1 aromatic carbocycles. The fourth-order valence-electron chi connectivity index (χ4n) is 2.84.